The Hall–Kier alpha value is -2.51. The molecule has 0 radical (unpaired) electrons. The van der Waals surface area contributed by atoms with Crippen LogP contribution in [0, 0.1) is 13.8 Å². The van der Waals surface area contributed by atoms with E-state index in [-0.39, 0.29) is 18.0 Å². The van der Waals surface area contributed by atoms with Crippen molar-refractivity contribution in [2.24, 2.45) is 0 Å². The molecule has 25 heavy (non-hydrogen) atoms. The Morgan fingerprint density at radius 3 is 2.08 bits per heavy atom. The first-order chi connectivity index (χ1) is 11.8. The third kappa shape index (κ3) is 3.20. The molecule has 130 valence electrons. The second-order valence-electron chi connectivity index (χ2n) is 5.95. The van der Waals surface area contributed by atoms with Gasteiger partial charge >= 0.3 is 0 Å². The molecule has 1 aliphatic heterocycles. The smallest absolute Gasteiger partial charge is 0.261 e. The molecule has 0 saturated heterocycles. The number of nitrogens with one attached hydrogen (secondary N) is 1. The normalized spacial score (nSPS) is 14.1. The quantitative estimate of drug-likeness (QED) is 0.827. The summed E-state index contributed by atoms with van der Waals surface area (Å²) in [6.07, 6.45) is 0. The van der Waals surface area contributed by atoms with Gasteiger partial charge in [0.05, 0.1) is 16.0 Å². The molecule has 7 heteroatoms. The summed E-state index contributed by atoms with van der Waals surface area (Å²) in [6.45, 7) is 3.69. The number of benzene rings is 2. The van der Waals surface area contributed by atoms with Crippen molar-refractivity contribution in [3.05, 3.63) is 64.7 Å². The van der Waals surface area contributed by atoms with E-state index in [0.717, 1.165) is 16.0 Å². The second kappa shape index (κ2) is 6.42. The first-order valence-corrected chi connectivity index (χ1v) is 9.32. The summed E-state index contributed by atoms with van der Waals surface area (Å²) in [5, 5.41) is 0. The Labute approximate surface area is 146 Å². The zero-order chi connectivity index (χ0) is 18.2. The van der Waals surface area contributed by atoms with Crippen LogP contribution in [0.1, 0.15) is 31.8 Å². The van der Waals surface area contributed by atoms with Crippen molar-refractivity contribution in [2.45, 2.75) is 18.7 Å². The molecule has 0 fully saturated rings. The fraction of sp³-hybridized carbons (Fsp3) is 0.222. The highest BCUT2D eigenvalue weighted by Crippen LogP contribution is 2.22. The summed E-state index contributed by atoms with van der Waals surface area (Å²) in [5.41, 5.74) is 2.59. The second-order valence-corrected chi connectivity index (χ2v) is 7.72. The van der Waals surface area contributed by atoms with Gasteiger partial charge in [-0.1, -0.05) is 18.2 Å². The zero-order valence-electron chi connectivity index (χ0n) is 13.9. The molecule has 1 heterocycles. The SMILES string of the molecule is Cc1ccc(S(=O)(=O)NCCN2C(=O)c3ccccc3C2=O)cc1C. The summed E-state index contributed by atoms with van der Waals surface area (Å²) < 4.78 is 27.1. The Morgan fingerprint density at radius 2 is 1.52 bits per heavy atom. The van der Waals surface area contributed by atoms with Gasteiger partial charge < -0.3 is 0 Å². The number of fused-ring (bicyclic) bond motifs is 1. The summed E-state index contributed by atoms with van der Waals surface area (Å²) in [5.74, 6) is -0.794. The number of hydrogen-bond donors (Lipinski definition) is 1. The fourth-order valence-corrected chi connectivity index (χ4v) is 3.80. The van der Waals surface area contributed by atoms with E-state index in [9.17, 15) is 18.0 Å². The lowest BCUT2D eigenvalue weighted by Crippen LogP contribution is -2.38. The maximum Gasteiger partial charge on any atom is 0.261 e. The van der Waals surface area contributed by atoms with Crippen molar-refractivity contribution in [3.8, 4) is 0 Å². The number of nitrogens with zero attached hydrogens (tertiary/aromatic N) is 1. The Balaban J connectivity index is 1.68. The van der Waals surface area contributed by atoms with Crippen LogP contribution in [-0.2, 0) is 10.0 Å². The molecule has 1 aliphatic rings. The lowest BCUT2D eigenvalue weighted by molar-refractivity contribution is 0.0657. The van der Waals surface area contributed by atoms with Gasteiger partial charge in [-0.05, 0) is 49.2 Å². The molecular formula is C18H18N2O4S. The van der Waals surface area contributed by atoms with Crippen LogP contribution in [0.2, 0.25) is 0 Å². The van der Waals surface area contributed by atoms with E-state index in [2.05, 4.69) is 4.72 Å². The maximum atomic E-state index is 12.4. The first kappa shape index (κ1) is 17.3. The van der Waals surface area contributed by atoms with Crippen LogP contribution in [0.15, 0.2) is 47.4 Å². The van der Waals surface area contributed by atoms with Gasteiger partial charge in [0.15, 0.2) is 0 Å². The number of sulfonamides is 1. The van der Waals surface area contributed by atoms with Gasteiger partial charge in [0.2, 0.25) is 10.0 Å². The molecule has 0 spiro atoms. The van der Waals surface area contributed by atoms with E-state index in [1.807, 2.05) is 13.8 Å². The third-order valence-corrected chi connectivity index (χ3v) is 5.75. The van der Waals surface area contributed by atoms with Crippen LogP contribution in [0.25, 0.3) is 0 Å². The van der Waals surface area contributed by atoms with Crippen LogP contribution in [0.4, 0.5) is 0 Å². The number of aryl methyl sites for hydroxylation is 2. The van der Waals surface area contributed by atoms with Crippen LogP contribution < -0.4 is 4.72 Å². The molecule has 0 unspecified atom stereocenters. The van der Waals surface area contributed by atoms with Crippen molar-refractivity contribution >= 4 is 21.8 Å². The van der Waals surface area contributed by atoms with Crippen molar-refractivity contribution in [3.63, 3.8) is 0 Å². The minimum Gasteiger partial charge on any atom is -0.273 e. The standard InChI is InChI=1S/C18H18N2O4S/c1-12-7-8-14(11-13(12)2)25(23,24)19-9-10-20-17(21)15-5-3-4-6-16(15)18(20)22/h3-8,11,19H,9-10H2,1-2H3. The predicted octanol–water partition coefficient (Wildman–Crippen LogP) is 1.88. The lowest BCUT2D eigenvalue weighted by Gasteiger charge is -2.14. The lowest BCUT2D eigenvalue weighted by atomic mass is 10.1. The van der Waals surface area contributed by atoms with E-state index in [4.69, 9.17) is 0 Å². The fourth-order valence-electron chi connectivity index (χ4n) is 2.70. The highest BCUT2D eigenvalue weighted by Gasteiger charge is 2.34. The van der Waals surface area contributed by atoms with Gasteiger partial charge in [0, 0.05) is 13.1 Å². The topological polar surface area (TPSA) is 83.6 Å². The van der Waals surface area contributed by atoms with Gasteiger partial charge in [0.1, 0.15) is 0 Å². The molecule has 0 saturated carbocycles. The Kier molecular flexibility index (Phi) is 4.45. The maximum absolute atomic E-state index is 12.4. The van der Waals surface area contributed by atoms with Crippen molar-refractivity contribution in [2.75, 3.05) is 13.1 Å². The van der Waals surface area contributed by atoms with E-state index in [1.165, 1.54) is 6.07 Å². The highest BCUT2D eigenvalue weighted by atomic mass is 32.2. The Morgan fingerprint density at radius 1 is 0.920 bits per heavy atom. The van der Waals surface area contributed by atoms with E-state index in [0.29, 0.717) is 11.1 Å². The summed E-state index contributed by atoms with van der Waals surface area (Å²) >= 11 is 0. The minimum atomic E-state index is -3.69. The highest BCUT2D eigenvalue weighted by molar-refractivity contribution is 7.89. The van der Waals surface area contributed by atoms with Gasteiger partial charge in [-0.15, -0.1) is 0 Å². The number of carbonyl (C=O) groups excluding carboxylic acids is 2. The van der Waals surface area contributed by atoms with Gasteiger partial charge in [-0.3, -0.25) is 14.5 Å². The molecule has 0 atom stereocenters. The average molecular weight is 358 g/mol. The summed E-state index contributed by atoms with van der Waals surface area (Å²) in [7, 11) is -3.69. The van der Waals surface area contributed by atoms with Crippen molar-refractivity contribution < 1.29 is 18.0 Å². The van der Waals surface area contributed by atoms with Crippen LogP contribution in [0.5, 0.6) is 0 Å². The number of carbonyl (C=O) groups is 2. The molecule has 3 rings (SSSR count). The van der Waals surface area contributed by atoms with Crippen LogP contribution in [-0.4, -0.2) is 38.2 Å². The largest absolute Gasteiger partial charge is 0.273 e. The molecular weight excluding hydrogens is 340 g/mol. The van der Waals surface area contributed by atoms with Crippen molar-refractivity contribution in [1.82, 2.24) is 9.62 Å². The van der Waals surface area contributed by atoms with Gasteiger partial charge in [-0.25, -0.2) is 13.1 Å². The summed E-state index contributed by atoms with van der Waals surface area (Å²) in [6, 6.07) is 11.4. The average Bonchev–Trinajstić information content (AvgIpc) is 2.82. The number of hydrogen-bond acceptors (Lipinski definition) is 4. The molecule has 2 aromatic carbocycles. The number of amides is 2. The molecule has 1 N–H and O–H groups in total. The molecule has 2 amide bonds. The Bertz CT molecular complexity index is 932. The zero-order valence-corrected chi connectivity index (χ0v) is 14.8. The third-order valence-electron chi connectivity index (χ3n) is 4.29. The molecule has 0 bridgehead atoms. The molecule has 0 aromatic heterocycles. The minimum absolute atomic E-state index is 0.0174. The van der Waals surface area contributed by atoms with Gasteiger partial charge in [-0.2, -0.15) is 0 Å². The molecule has 0 aliphatic carbocycles. The van der Waals surface area contributed by atoms with E-state index in [1.54, 1.807) is 36.4 Å². The van der Waals surface area contributed by atoms with E-state index >= 15 is 0 Å². The first-order valence-electron chi connectivity index (χ1n) is 7.83. The predicted molar refractivity (Wildman–Crippen MR) is 92.9 cm³/mol. The monoisotopic (exact) mass is 358 g/mol. The van der Waals surface area contributed by atoms with Crippen LogP contribution >= 0.6 is 0 Å². The van der Waals surface area contributed by atoms with E-state index < -0.39 is 21.8 Å². The van der Waals surface area contributed by atoms with Crippen molar-refractivity contribution in [1.29, 1.82) is 0 Å². The number of rotatable bonds is 5. The molecule has 6 nitrogen and oxygen atoms in total. The number of imide groups is 1. The summed E-state index contributed by atoms with van der Waals surface area (Å²) in [4.78, 5) is 25.7. The van der Waals surface area contributed by atoms with Crippen LogP contribution in [0.3, 0.4) is 0 Å². The molecule has 2 aromatic rings. The van der Waals surface area contributed by atoms with Gasteiger partial charge in [0.25, 0.3) is 11.8 Å².